The highest BCUT2D eigenvalue weighted by molar-refractivity contribution is 5.73. The summed E-state index contributed by atoms with van der Waals surface area (Å²) in [5, 5.41) is 3.09. The lowest BCUT2D eigenvalue weighted by molar-refractivity contribution is -0.137. The minimum Gasteiger partial charge on any atom is -0.367 e. The van der Waals surface area contributed by atoms with Crippen LogP contribution in [0.5, 0.6) is 0 Å². The van der Waals surface area contributed by atoms with Crippen LogP contribution in [0.2, 0.25) is 0 Å². The lowest BCUT2D eigenvalue weighted by Crippen LogP contribution is -2.38. The fourth-order valence-corrected chi connectivity index (χ4v) is 4.64. The third-order valence-corrected chi connectivity index (χ3v) is 6.54. The monoisotopic (exact) mass is 465 g/mol. The zero-order chi connectivity index (χ0) is 23.6. The van der Waals surface area contributed by atoms with E-state index < -0.39 is 17.6 Å². The number of nitrogens with zero attached hydrogens (tertiary/aromatic N) is 4. The molecular weight excluding hydrogens is 438 g/mol. The molecule has 1 N–H and O–H groups in total. The van der Waals surface area contributed by atoms with E-state index in [1.807, 2.05) is 4.90 Å². The summed E-state index contributed by atoms with van der Waals surface area (Å²) in [4.78, 5) is 23.3. The number of hydrogen-bond donors (Lipinski definition) is 1. The molecule has 6 nitrogen and oxygen atoms in total. The van der Waals surface area contributed by atoms with Crippen molar-refractivity contribution < 1.29 is 22.4 Å². The van der Waals surface area contributed by atoms with Crippen LogP contribution >= 0.6 is 0 Å². The number of amides is 1. The molecule has 0 bridgehead atoms. The van der Waals surface area contributed by atoms with Gasteiger partial charge in [-0.1, -0.05) is 12.1 Å². The average molecular weight is 465 g/mol. The lowest BCUT2D eigenvalue weighted by Gasteiger charge is -2.31. The largest absolute Gasteiger partial charge is 0.416 e. The Hall–Kier alpha value is -2.91. The third-order valence-electron chi connectivity index (χ3n) is 6.54. The Balaban J connectivity index is 1.44. The van der Waals surface area contributed by atoms with Gasteiger partial charge >= 0.3 is 6.18 Å². The van der Waals surface area contributed by atoms with Crippen molar-refractivity contribution in [2.75, 3.05) is 36.4 Å². The summed E-state index contributed by atoms with van der Waals surface area (Å²) in [7, 11) is 0. The van der Waals surface area contributed by atoms with Crippen molar-refractivity contribution in [3.8, 4) is 0 Å². The Morgan fingerprint density at radius 2 is 1.79 bits per heavy atom. The van der Waals surface area contributed by atoms with Crippen molar-refractivity contribution in [2.45, 2.75) is 44.8 Å². The van der Waals surface area contributed by atoms with Crippen LogP contribution < -0.4 is 10.2 Å². The number of carbonyl (C=O) groups excluding carboxylic acids is 1. The highest BCUT2D eigenvalue weighted by Crippen LogP contribution is 2.38. The topological polar surface area (TPSA) is 61.4 Å². The number of carbonyl (C=O) groups is 1. The zero-order valence-corrected chi connectivity index (χ0v) is 18.4. The SMILES string of the molecule is CC(=O)N1CCC(CNc2ncnc(N3CCCC3c3ccc(C(F)(F)F)cc3)c2F)CC1. The molecule has 2 aliphatic heterocycles. The second kappa shape index (κ2) is 9.52. The molecule has 1 aromatic carbocycles. The molecule has 178 valence electrons. The maximum atomic E-state index is 15.3. The maximum absolute atomic E-state index is 15.3. The fourth-order valence-electron chi connectivity index (χ4n) is 4.64. The van der Waals surface area contributed by atoms with E-state index in [4.69, 9.17) is 0 Å². The smallest absolute Gasteiger partial charge is 0.367 e. The van der Waals surface area contributed by atoms with Gasteiger partial charge in [-0.15, -0.1) is 0 Å². The molecule has 0 spiro atoms. The number of piperidine rings is 1. The molecule has 1 atom stereocenters. The molecule has 3 heterocycles. The number of likely N-dealkylation sites (tertiary alicyclic amines) is 1. The van der Waals surface area contributed by atoms with Gasteiger partial charge in [0.15, 0.2) is 11.6 Å². The highest BCUT2D eigenvalue weighted by atomic mass is 19.4. The molecule has 2 fully saturated rings. The van der Waals surface area contributed by atoms with E-state index >= 15 is 4.39 Å². The van der Waals surface area contributed by atoms with Gasteiger partial charge in [-0.25, -0.2) is 9.97 Å². The minimum atomic E-state index is -4.39. The molecule has 1 amide bonds. The van der Waals surface area contributed by atoms with Crippen LogP contribution in [0.4, 0.5) is 29.2 Å². The van der Waals surface area contributed by atoms with E-state index in [0.717, 1.165) is 31.4 Å². The summed E-state index contributed by atoms with van der Waals surface area (Å²) < 4.78 is 54.0. The fraction of sp³-hybridized carbons (Fsp3) is 0.522. The lowest BCUT2D eigenvalue weighted by atomic mass is 9.97. The molecule has 1 unspecified atom stereocenters. The Morgan fingerprint density at radius 3 is 2.42 bits per heavy atom. The van der Waals surface area contributed by atoms with E-state index in [9.17, 15) is 18.0 Å². The van der Waals surface area contributed by atoms with Gasteiger partial charge in [0.1, 0.15) is 6.33 Å². The summed E-state index contributed by atoms with van der Waals surface area (Å²) in [6.07, 6.45) is 0.0819. The number of alkyl halides is 3. The predicted octanol–water partition coefficient (Wildman–Crippen LogP) is 4.65. The normalized spacial score (nSPS) is 19.7. The zero-order valence-electron chi connectivity index (χ0n) is 18.4. The highest BCUT2D eigenvalue weighted by Gasteiger charge is 2.33. The standard InChI is InChI=1S/C23H27F4N5O/c1-15(33)31-11-8-16(9-12-31)13-28-21-20(24)22(30-14-29-21)32-10-2-3-19(32)17-4-6-18(7-5-17)23(25,26)27/h4-7,14,16,19H,2-3,8-13H2,1H3,(H,28,29,30). The average Bonchev–Trinajstić information content (AvgIpc) is 3.28. The number of rotatable bonds is 5. The van der Waals surface area contributed by atoms with Gasteiger partial charge in [-0.3, -0.25) is 4.79 Å². The molecule has 2 aromatic rings. The van der Waals surface area contributed by atoms with Crippen molar-refractivity contribution in [3.05, 3.63) is 47.5 Å². The van der Waals surface area contributed by atoms with Crippen molar-refractivity contribution >= 4 is 17.5 Å². The molecule has 33 heavy (non-hydrogen) atoms. The van der Waals surface area contributed by atoms with Gasteiger partial charge in [-0.2, -0.15) is 17.6 Å². The van der Waals surface area contributed by atoms with Crippen LogP contribution in [0.15, 0.2) is 30.6 Å². The Bertz CT molecular complexity index is 974. The summed E-state index contributed by atoms with van der Waals surface area (Å²) >= 11 is 0. The number of halogens is 4. The number of hydrogen-bond acceptors (Lipinski definition) is 5. The van der Waals surface area contributed by atoms with E-state index in [1.54, 1.807) is 11.8 Å². The first-order valence-electron chi connectivity index (χ1n) is 11.2. The van der Waals surface area contributed by atoms with Crippen LogP contribution in [0, 0.1) is 11.7 Å². The second-order valence-electron chi connectivity index (χ2n) is 8.66. The van der Waals surface area contributed by atoms with Gasteiger partial charge in [0, 0.05) is 33.1 Å². The molecule has 0 radical (unpaired) electrons. The predicted molar refractivity (Wildman–Crippen MR) is 116 cm³/mol. The van der Waals surface area contributed by atoms with Crippen LogP contribution in [-0.2, 0) is 11.0 Å². The molecular formula is C23H27F4N5O. The first kappa shape index (κ1) is 23.3. The van der Waals surface area contributed by atoms with E-state index in [1.165, 1.54) is 18.5 Å². The van der Waals surface area contributed by atoms with E-state index in [2.05, 4.69) is 15.3 Å². The van der Waals surface area contributed by atoms with Gasteiger partial charge < -0.3 is 15.1 Å². The van der Waals surface area contributed by atoms with Crippen LogP contribution in [0.1, 0.15) is 49.8 Å². The Labute approximate surface area is 190 Å². The molecule has 4 rings (SSSR count). The van der Waals surface area contributed by atoms with Gasteiger partial charge in [0.25, 0.3) is 0 Å². The first-order valence-corrected chi connectivity index (χ1v) is 11.2. The number of anilines is 2. The third kappa shape index (κ3) is 5.20. The molecule has 2 saturated heterocycles. The molecule has 0 saturated carbocycles. The Kier molecular flexibility index (Phi) is 6.71. The first-order chi connectivity index (χ1) is 15.7. The van der Waals surface area contributed by atoms with Gasteiger partial charge in [-0.05, 0) is 49.3 Å². The summed E-state index contributed by atoms with van der Waals surface area (Å²) in [6.45, 7) is 4.06. The quantitative estimate of drug-likeness (QED) is 0.652. The summed E-state index contributed by atoms with van der Waals surface area (Å²) in [5.74, 6) is 0.0945. The number of nitrogens with one attached hydrogen (secondary N) is 1. The van der Waals surface area contributed by atoms with E-state index in [0.29, 0.717) is 44.1 Å². The van der Waals surface area contributed by atoms with Gasteiger partial charge in [0.2, 0.25) is 11.7 Å². The molecule has 10 heteroatoms. The summed E-state index contributed by atoms with van der Waals surface area (Å²) in [6, 6.07) is 4.79. The molecule has 0 aliphatic carbocycles. The summed E-state index contributed by atoms with van der Waals surface area (Å²) in [5.41, 5.74) is -0.00473. The minimum absolute atomic E-state index is 0.0705. The van der Waals surface area contributed by atoms with Crippen molar-refractivity contribution in [3.63, 3.8) is 0 Å². The number of aromatic nitrogens is 2. The van der Waals surface area contributed by atoms with Crippen molar-refractivity contribution in [2.24, 2.45) is 5.92 Å². The van der Waals surface area contributed by atoms with Crippen LogP contribution in [-0.4, -0.2) is 47.0 Å². The maximum Gasteiger partial charge on any atom is 0.416 e. The van der Waals surface area contributed by atoms with Crippen molar-refractivity contribution in [1.29, 1.82) is 0 Å². The Morgan fingerprint density at radius 1 is 1.09 bits per heavy atom. The second-order valence-corrected chi connectivity index (χ2v) is 8.66. The van der Waals surface area contributed by atoms with Crippen LogP contribution in [0.25, 0.3) is 0 Å². The van der Waals surface area contributed by atoms with Crippen molar-refractivity contribution in [1.82, 2.24) is 14.9 Å². The molecule has 1 aromatic heterocycles. The van der Waals surface area contributed by atoms with Crippen LogP contribution in [0.3, 0.4) is 0 Å². The molecule has 2 aliphatic rings. The number of benzene rings is 1. The van der Waals surface area contributed by atoms with E-state index in [-0.39, 0.29) is 23.6 Å². The van der Waals surface area contributed by atoms with Gasteiger partial charge in [0.05, 0.1) is 11.6 Å².